The standard InChI is InChI=1S/C23H40F2O/c1-3-5-6-8-20-11-15-22(16-12-20)18-26-23(24,25)17-21-13-9-19(7-4-2)10-14-21/h4,7,19-22H,3,5-6,8-18H2,1-2H3/b7-4+. The summed E-state index contributed by atoms with van der Waals surface area (Å²) in [7, 11) is 0. The average molecular weight is 371 g/mol. The molecule has 0 spiro atoms. The molecule has 0 N–H and O–H groups in total. The van der Waals surface area contributed by atoms with Gasteiger partial charge in [-0.25, -0.2) is 0 Å². The lowest BCUT2D eigenvalue weighted by Gasteiger charge is -2.32. The monoisotopic (exact) mass is 370 g/mol. The largest absolute Gasteiger partial charge is 0.356 e. The summed E-state index contributed by atoms with van der Waals surface area (Å²) < 4.78 is 33.6. The van der Waals surface area contributed by atoms with Crippen LogP contribution in [0, 0.1) is 23.7 Å². The molecule has 0 heterocycles. The van der Waals surface area contributed by atoms with Crippen molar-refractivity contribution in [2.75, 3.05) is 6.61 Å². The molecule has 0 bridgehead atoms. The summed E-state index contributed by atoms with van der Waals surface area (Å²) in [4.78, 5) is 0. The molecule has 0 aromatic heterocycles. The molecule has 152 valence electrons. The maximum Gasteiger partial charge on any atom is 0.356 e. The van der Waals surface area contributed by atoms with Crippen LogP contribution in [0.5, 0.6) is 0 Å². The van der Waals surface area contributed by atoms with Crippen molar-refractivity contribution in [1.82, 2.24) is 0 Å². The number of ether oxygens (including phenoxy) is 1. The number of allylic oxidation sites excluding steroid dienone is 2. The van der Waals surface area contributed by atoms with Gasteiger partial charge in [-0.05, 0) is 69.1 Å². The molecule has 26 heavy (non-hydrogen) atoms. The zero-order valence-corrected chi connectivity index (χ0v) is 17.0. The number of halogens is 2. The van der Waals surface area contributed by atoms with E-state index in [-0.39, 0.29) is 18.9 Å². The lowest BCUT2D eigenvalue weighted by atomic mass is 9.80. The highest BCUT2D eigenvalue weighted by Gasteiger charge is 2.36. The van der Waals surface area contributed by atoms with Crippen LogP contribution in [0.3, 0.4) is 0 Å². The minimum atomic E-state index is -2.93. The molecule has 0 radical (unpaired) electrons. The van der Waals surface area contributed by atoms with Gasteiger partial charge < -0.3 is 4.74 Å². The average Bonchev–Trinajstić information content (AvgIpc) is 2.63. The van der Waals surface area contributed by atoms with Gasteiger partial charge in [0.1, 0.15) is 0 Å². The molecular formula is C23H40F2O. The molecule has 1 nitrogen and oxygen atoms in total. The lowest BCUT2D eigenvalue weighted by Crippen LogP contribution is -2.30. The normalized spacial score (nSPS) is 30.8. The molecule has 2 aliphatic carbocycles. The fourth-order valence-electron chi connectivity index (χ4n) is 4.86. The van der Waals surface area contributed by atoms with E-state index in [2.05, 4.69) is 19.1 Å². The molecule has 0 saturated heterocycles. The minimum absolute atomic E-state index is 0.0814. The first-order chi connectivity index (χ1) is 12.5. The highest BCUT2D eigenvalue weighted by atomic mass is 19.3. The molecule has 2 fully saturated rings. The molecule has 0 aliphatic heterocycles. The molecule has 0 unspecified atom stereocenters. The second-order valence-corrected chi connectivity index (χ2v) is 8.84. The Kier molecular flexibility index (Phi) is 9.59. The first-order valence-corrected chi connectivity index (χ1v) is 11.2. The van der Waals surface area contributed by atoms with E-state index < -0.39 is 6.11 Å². The maximum atomic E-state index is 14.3. The molecule has 0 atom stereocenters. The van der Waals surface area contributed by atoms with E-state index >= 15 is 0 Å². The van der Waals surface area contributed by atoms with Gasteiger partial charge in [0.15, 0.2) is 0 Å². The number of hydrogen-bond acceptors (Lipinski definition) is 1. The summed E-state index contributed by atoms with van der Waals surface area (Å²) >= 11 is 0. The predicted molar refractivity (Wildman–Crippen MR) is 105 cm³/mol. The van der Waals surface area contributed by atoms with Crippen LogP contribution in [0.2, 0.25) is 0 Å². The highest BCUT2D eigenvalue weighted by molar-refractivity contribution is 4.89. The van der Waals surface area contributed by atoms with Gasteiger partial charge in [0.2, 0.25) is 0 Å². The Morgan fingerprint density at radius 1 is 0.885 bits per heavy atom. The molecule has 0 aromatic carbocycles. The molecule has 2 rings (SSSR count). The molecular weight excluding hydrogens is 330 g/mol. The smallest absolute Gasteiger partial charge is 0.320 e. The number of rotatable bonds is 10. The Morgan fingerprint density at radius 2 is 1.50 bits per heavy atom. The highest BCUT2D eigenvalue weighted by Crippen LogP contribution is 2.38. The summed E-state index contributed by atoms with van der Waals surface area (Å²) in [6.45, 7) is 4.53. The summed E-state index contributed by atoms with van der Waals surface area (Å²) in [5, 5.41) is 0. The van der Waals surface area contributed by atoms with Crippen molar-refractivity contribution in [2.24, 2.45) is 23.7 Å². The van der Waals surface area contributed by atoms with Gasteiger partial charge >= 0.3 is 6.11 Å². The van der Waals surface area contributed by atoms with Crippen LogP contribution in [0.1, 0.15) is 97.3 Å². The molecule has 2 saturated carbocycles. The van der Waals surface area contributed by atoms with Crippen molar-refractivity contribution in [2.45, 2.75) is 103 Å². The summed E-state index contributed by atoms with van der Waals surface area (Å²) in [6, 6.07) is 0. The molecule has 0 amide bonds. The van der Waals surface area contributed by atoms with E-state index in [4.69, 9.17) is 4.74 Å². The Hall–Kier alpha value is -0.440. The summed E-state index contributed by atoms with van der Waals surface area (Å²) in [6.07, 6.45) is 15.0. The van der Waals surface area contributed by atoms with Crippen LogP contribution in [0.15, 0.2) is 12.2 Å². The second-order valence-electron chi connectivity index (χ2n) is 8.84. The fourth-order valence-corrected chi connectivity index (χ4v) is 4.86. The van der Waals surface area contributed by atoms with Crippen LogP contribution in [-0.2, 0) is 4.74 Å². The van der Waals surface area contributed by atoms with Gasteiger partial charge in [-0.15, -0.1) is 0 Å². The van der Waals surface area contributed by atoms with E-state index in [0.29, 0.717) is 11.8 Å². The third-order valence-corrected chi connectivity index (χ3v) is 6.59. The van der Waals surface area contributed by atoms with Crippen LogP contribution in [0.25, 0.3) is 0 Å². The van der Waals surface area contributed by atoms with E-state index in [1.807, 2.05) is 6.92 Å². The number of unbranched alkanes of at least 4 members (excludes halogenated alkanes) is 2. The third-order valence-electron chi connectivity index (χ3n) is 6.59. The zero-order chi connectivity index (χ0) is 18.8. The Morgan fingerprint density at radius 3 is 2.12 bits per heavy atom. The van der Waals surface area contributed by atoms with Gasteiger partial charge in [-0.1, -0.05) is 57.6 Å². The van der Waals surface area contributed by atoms with Gasteiger partial charge in [0, 0.05) is 6.42 Å². The van der Waals surface area contributed by atoms with Crippen molar-refractivity contribution in [3.63, 3.8) is 0 Å². The predicted octanol–water partition coefficient (Wildman–Crippen LogP) is 7.76. The van der Waals surface area contributed by atoms with Crippen LogP contribution in [-0.4, -0.2) is 12.7 Å². The number of alkyl halides is 2. The Labute approximate surface area is 160 Å². The van der Waals surface area contributed by atoms with Crippen molar-refractivity contribution < 1.29 is 13.5 Å². The van der Waals surface area contributed by atoms with Crippen LogP contribution >= 0.6 is 0 Å². The maximum absolute atomic E-state index is 14.3. The van der Waals surface area contributed by atoms with Crippen molar-refractivity contribution in [1.29, 1.82) is 0 Å². The molecule has 2 aliphatic rings. The van der Waals surface area contributed by atoms with E-state index in [1.54, 1.807) is 0 Å². The second kappa shape index (κ2) is 11.4. The summed E-state index contributed by atoms with van der Waals surface area (Å²) in [5.74, 6) is 1.89. The minimum Gasteiger partial charge on any atom is -0.320 e. The van der Waals surface area contributed by atoms with Gasteiger partial charge in [-0.3, -0.25) is 0 Å². The molecule has 0 aromatic rings. The van der Waals surface area contributed by atoms with Gasteiger partial charge in [0.25, 0.3) is 0 Å². The topological polar surface area (TPSA) is 9.23 Å². The first-order valence-electron chi connectivity index (χ1n) is 11.2. The summed E-state index contributed by atoms with van der Waals surface area (Å²) in [5.41, 5.74) is 0. The molecule has 3 heteroatoms. The van der Waals surface area contributed by atoms with E-state index in [1.165, 1.54) is 38.5 Å². The Bertz CT molecular complexity index is 391. The zero-order valence-electron chi connectivity index (χ0n) is 17.0. The van der Waals surface area contributed by atoms with Crippen molar-refractivity contribution in [3.05, 3.63) is 12.2 Å². The van der Waals surface area contributed by atoms with Gasteiger partial charge in [0.05, 0.1) is 6.61 Å². The van der Waals surface area contributed by atoms with Crippen LogP contribution < -0.4 is 0 Å². The third kappa shape index (κ3) is 8.06. The van der Waals surface area contributed by atoms with Crippen LogP contribution in [0.4, 0.5) is 8.78 Å². The Balaban J connectivity index is 1.61. The SMILES string of the molecule is C/C=C/C1CCC(CC(F)(F)OCC2CCC(CCCCC)CC2)CC1. The fraction of sp³-hybridized carbons (Fsp3) is 0.913. The number of hydrogen-bond donors (Lipinski definition) is 0. The van der Waals surface area contributed by atoms with Gasteiger partial charge in [-0.2, -0.15) is 8.78 Å². The quantitative estimate of drug-likeness (QED) is 0.282. The van der Waals surface area contributed by atoms with E-state index in [0.717, 1.165) is 44.4 Å². The lowest BCUT2D eigenvalue weighted by molar-refractivity contribution is -0.256. The van der Waals surface area contributed by atoms with Crippen molar-refractivity contribution in [3.8, 4) is 0 Å². The first kappa shape index (κ1) is 21.9. The van der Waals surface area contributed by atoms with Crippen molar-refractivity contribution >= 4 is 0 Å². The van der Waals surface area contributed by atoms with E-state index in [9.17, 15) is 8.78 Å².